The van der Waals surface area contributed by atoms with Gasteiger partial charge in [0.25, 0.3) is 0 Å². The molecule has 1 aromatic carbocycles. The Morgan fingerprint density at radius 1 is 1.29 bits per heavy atom. The SMILES string of the molecule is O=S(=O)(C=C(Br)CBr)c1ccccc1. The van der Waals surface area contributed by atoms with Crippen LogP contribution in [0.2, 0.25) is 0 Å². The van der Waals surface area contributed by atoms with E-state index in [4.69, 9.17) is 0 Å². The fraction of sp³-hybridized carbons (Fsp3) is 0.111. The first-order valence-corrected chi connectivity index (χ1v) is 7.24. The first-order valence-electron chi connectivity index (χ1n) is 3.78. The highest BCUT2D eigenvalue weighted by atomic mass is 79.9. The topological polar surface area (TPSA) is 34.1 Å². The third kappa shape index (κ3) is 3.22. The van der Waals surface area contributed by atoms with E-state index in [0.29, 0.717) is 14.7 Å². The van der Waals surface area contributed by atoms with Gasteiger partial charge in [-0.1, -0.05) is 50.1 Å². The van der Waals surface area contributed by atoms with Crippen LogP contribution in [0.3, 0.4) is 0 Å². The van der Waals surface area contributed by atoms with Crippen LogP contribution in [0.25, 0.3) is 0 Å². The molecule has 0 saturated heterocycles. The quantitative estimate of drug-likeness (QED) is 0.793. The molecule has 0 fully saturated rings. The molecule has 0 heterocycles. The summed E-state index contributed by atoms with van der Waals surface area (Å²) in [5.74, 6) is 0. The lowest BCUT2D eigenvalue weighted by atomic mass is 10.4. The number of allylic oxidation sites excluding steroid dienone is 1. The van der Waals surface area contributed by atoms with E-state index in [1.807, 2.05) is 0 Å². The summed E-state index contributed by atoms with van der Waals surface area (Å²) in [6.07, 6.45) is 0. The summed E-state index contributed by atoms with van der Waals surface area (Å²) in [6.45, 7) is 0. The molecule has 0 spiro atoms. The second kappa shape index (κ2) is 5.09. The number of alkyl halides is 1. The van der Waals surface area contributed by atoms with Crippen LogP contribution in [-0.4, -0.2) is 13.7 Å². The van der Waals surface area contributed by atoms with E-state index in [2.05, 4.69) is 31.9 Å². The van der Waals surface area contributed by atoms with E-state index in [1.165, 1.54) is 5.41 Å². The van der Waals surface area contributed by atoms with Gasteiger partial charge in [0.15, 0.2) is 0 Å². The molecule has 0 amide bonds. The molecular weight excluding hydrogens is 332 g/mol. The predicted octanol–water partition coefficient (Wildman–Crippen LogP) is 3.09. The number of hydrogen-bond donors (Lipinski definition) is 0. The summed E-state index contributed by atoms with van der Waals surface area (Å²) in [7, 11) is -3.31. The molecule has 0 radical (unpaired) electrons. The largest absolute Gasteiger partial charge is 0.219 e. The third-order valence-electron chi connectivity index (χ3n) is 1.48. The molecule has 0 aliphatic carbocycles. The van der Waals surface area contributed by atoms with Gasteiger partial charge in [-0.3, -0.25) is 0 Å². The number of hydrogen-bond acceptors (Lipinski definition) is 2. The van der Waals surface area contributed by atoms with Crippen molar-refractivity contribution in [3.63, 3.8) is 0 Å². The zero-order valence-electron chi connectivity index (χ0n) is 7.15. The molecular formula is C9H8Br2O2S. The van der Waals surface area contributed by atoms with Crippen molar-refractivity contribution >= 4 is 41.7 Å². The van der Waals surface area contributed by atoms with Crippen molar-refractivity contribution in [3.05, 3.63) is 40.2 Å². The van der Waals surface area contributed by atoms with Gasteiger partial charge in [0.1, 0.15) is 0 Å². The van der Waals surface area contributed by atoms with Gasteiger partial charge in [-0.25, -0.2) is 8.42 Å². The van der Waals surface area contributed by atoms with E-state index in [1.54, 1.807) is 30.3 Å². The van der Waals surface area contributed by atoms with Crippen LogP contribution in [0, 0.1) is 0 Å². The summed E-state index contributed by atoms with van der Waals surface area (Å²) in [6, 6.07) is 8.31. The highest BCUT2D eigenvalue weighted by molar-refractivity contribution is 9.13. The molecule has 5 heteroatoms. The molecule has 0 aliphatic rings. The molecule has 0 aromatic heterocycles. The summed E-state index contributed by atoms with van der Waals surface area (Å²) in [5.41, 5.74) is 0. The van der Waals surface area contributed by atoms with Crippen LogP contribution >= 0.6 is 31.9 Å². The maximum atomic E-state index is 11.7. The Labute approximate surface area is 100 Å². The summed E-state index contributed by atoms with van der Waals surface area (Å²) in [5, 5.41) is 1.69. The van der Waals surface area contributed by atoms with Crippen molar-refractivity contribution in [1.29, 1.82) is 0 Å². The van der Waals surface area contributed by atoms with Gasteiger partial charge in [0.05, 0.1) is 4.90 Å². The summed E-state index contributed by atoms with van der Waals surface area (Å²) >= 11 is 6.31. The maximum absolute atomic E-state index is 11.7. The third-order valence-corrected chi connectivity index (χ3v) is 5.18. The predicted molar refractivity (Wildman–Crippen MR) is 64.4 cm³/mol. The first-order chi connectivity index (χ1) is 6.56. The Balaban J connectivity index is 3.11. The Kier molecular flexibility index (Phi) is 4.34. The Hall–Kier alpha value is -0.130. The molecule has 76 valence electrons. The Morgan fingerprint density at radius 2 is 1.86 bits per heavy atom. The molecule has 0 aliphatic heterocycles. The highest BCUT2D eigenvalue weighted by Gasteiger charge is 2.10. The van der Waals surface area contributed by atoms with E-state index in [-0.39, 0.29) is 0 Å². The van der Waals surface area contributed by atoms with Crippen molar-refractivity contribution in [2.24, 2.45) is 0 Å². The zero-order valence-corrected chi connectivity index (χ0v) is 11.1. The van der Waals surface area contributed by atoms with Crippen LogP contribution < -0.4 is 0 Å². The van der Waals surface area contributed by atoms with Gasteiger partial charge in [-0.05, 0) is 12.1 Å². The lowest BCUT2D eigenvalue weighted by molar-refractivity contribution is 0.604. The molecule has 1 aromatic rings. The normalized spacial score (nSPS) is 12.9. The lowest BCUT2D eigenvalue weighted by Crippen LogP contribution is -1.96. The van der Waals surface area contributed by atoms with Gasteiger partial charge < -0.3 is 0 Å². The minimum Gasteiger partial charge on any atom is -0.219 e. The minimum atomic E-state index is -3.31. The van der Waals surface area contributed by atoms with Crippen molar-refractivity contribution in [2.45, 2.75) is 4.90 Å². The van der Waals surface area contributed by atoms with Crippen molar-refractivity contribution in [1.82, 2.24) is 0 Å². The molecule has 0 saturated carbocycles. The van der Waals surface area contributed by atoms with E-state index < -0.39 is 9.84 Å². The van der Waals surface area contributed by atoms with Gasteiger partial charge in [-0.2, -0.15) is 0 Å². The van der Waals surface area contributed by atoms with Crippen LogP contribution in [0.4, 0.5) is 0 Å². The monoisotopic (exact) mass is 338 g/mol. The molecule has 0 N–H and O–H groups in total. The molecule has 14 heavy (non-hydrogen) atoms. The fourth-order valence-corrected chi connectivity index (χ4v) is 3.09. The molecule has 0 unspecified atom stereocenters. The van der Waals surface area contributed by atoms with E-state index in [9.17, 15) is 8.42 Å². The summed E-state index contributed by atoms with van der Waals surface area (Å²) in [4.78, 5) is 0.304. The van der Waals surface area contributed by atoms with Crippen molar-refractivity contribution in [2.75, 3.05) is 5.33 Å². The van der Waals surface area contributed by atoms with Gasteiger partial charge in [-0.15, -0.1) is 0 Å². The van der Waals surface area contributed by atoms with Crippen LogP contribution in [0.5, 0.6) is 0 Å². The maximum Gasteiger partial charge on any atom is 0.200 e. The van der Waals surface area contributed by atoms with Crippen LogP contribution in [0.1, 0.15) is 0 Å². The number of halogens is 2. The van der Waals surface area contributed by atoms with Gasteiger partial charge >= 0.3 is 0 Å². The molecule has 1 rings (SSSR count). The fourth-order valence-electron chi connectivity index (χ4n) is 0.878. The second-order valence-corrected chi connectivity index (χ2v) is 5.93. The van der Waals surface area contributed by atoms with Gasteiger partial charge in [0, 0.05) is 15.2 Å². The smallest absolute Gasteiger partial charge is 0.200 e. The zero-order chi connectivity index (χ0) is 10.6. The Bertz CT molecular complexity index is 423. The van der Waals surface area contributed by atoms with Crippen LogP contribution in [-0.2, 0) is 9.84 Å². The molecule has 0 atom stereocenters. The average Bonchev–Trinajstić information content (AvgIpc) is 2.18. The van der Waals surface area contributed by atoms with Crippen LogP contribution in [0.15, 0.2) is 45.1 Å². The number of sulfone groups is 1. The Morgan fingerprint density at radius 3 is 2.36 bits per heavy atom. The summed E-state index contributed by atoms with van der Waals surface area (Å²) < 4.78 is 23.9. The number of rotatable bonds is 3. The minimum absolute atomic E-state index is 0.304. The molecule has 0 bridgehead atoms. The lowest BCUT2D eigenvalue weighted by Gasteiger charge is -1.98. The number of benzene rings is 1. The van der Waals surface area contributed by atoms with Gasteiger partial charge in [0.2, 0.25) is 9.84 Å². The highest BCUT2D eigenvalue weighted by Crippen LogP contribution is 2.17. The standard InChI is InChI=1S/C9H8Br2O2S/c10-6-8(11)7-14(12,13)9-4-2-1-3-5-9/h1-5,7H,6H2. The van der Waals surface area contributed by atoms with E-state index >= 15 is 0 Å². The molecule has 2 nitrogen and oxygen atoms in total. The van der Waals surface area contributed by atoms with Crippen molar-refractivity contribution in [3.8, 4) is 0 Å². The first kappa shape index (κ1) is 11.9. The van der Waals surface area contributed by atoms with Crippen molar-refractivity contribution < 1.29 is 8.42 Å². The second-order valence-electron chi connectivity index (χ2n) is 2.56. The average molecular weight is 340 g/mol. The van der Waals surface area contributed by atoms with E-state index in [0.717, 1.165) is 0 Å².